The van der Waals surface area contributed by atoms with Gasteiger partial charge in [0.1, 0.15) is 0 Å². The molecular formula is C12H17N. The maximum atomic E-state index is 2.36. The molecule has 0 unspecified atom stereocenters. The van der Waals surface area contributed by atoms with Crippen molar-refractivity contribution in [2.45, 2.75) is 32.2 Å². The smallest absolute Gasteiger partial charge is 0.0253 e. The van der Waals surface area contributed by atoms with Crippen molar-refractivity contribution in [3.8, 4) is 0 Å². The molecule has 13 heavy (non-hydrogen) atoms. The average molecular weight is 175 g/mol. The minimum absolute atomic E-state index is 1.01. The van der Waals surface area contributed by atoms with Gasteiger partial charge in [-0.15, -0.1) is 0 Å². The molecule has 1 heteroatoms. The predicted molar refractivity (Wildman–Crippen MR) is 53.4 cm³/mol. The van der Waals surface area contributed by atoms with Gasteiger partial charge in [0, 0.05) is 18.9 Å². The van der Waals surface area contributed by atoms with Crippen LogP contribution in [0.2, 0.25) is 0 Å². The van der Waals surface area contributed by atoms with Crippen molar-refractivity contribution in [2.75, 3.05) is 0 Å². The van der Waals surface area contributed by atoms with E-state index in [2.05, 4.69) is 29.1 Å². The molecule has 1 aromatic rings. The zero-order valence-electron chi connectivity index (χ0n) is 8.02. The molecule has 1 aromatic heterocycles. The molecule has 0 spiro atoms. The lowest BCUT2D eigenvalue weighted by Gasteiger charge is -2.15. The molecule has 0 amide bonds. The van der Waals surface area contributed by atoms with E-state index in [-0.39, 0.29) is 0 Å². The van der Waals surface area contributed by atoms with Gasteiger partial charge in [0.05, 0.1) is 0 Å². The highest BCUT2D eigenvalue weighted by molar-refractivity contribution is 4.95. The molecule has 2 fully saturated rings. The van der Waals surface area contributed by atoms with E-state index in [9.17, 15) is 0 Å². The third kappa shape index (κ3) is 1.65. The van der Waals surface area contributed by atoms with E-state index in [0.29, 0.717) is 0 Å². The fraction of sp³-hybridized carbons (Fsp3) is 0.667. The second-order valence-electron chi connectivity index (χ2n) is 4.72. The van der Waals surface area contributed by atoms with Crippen molar-refractivity contribution in [3.05, 3.63) is 24.5 Å². The molecule has 2 aliphatic carbocycles. The average Bonchev–Trinajstić information content (AvgIpc) is 3.04. The summed E-state index contributed by atoms with van der Waals surface area (Å²) < 4.78 is 2.36. The number of nitrogens with zero attached hydrogens (tertiary/aromatic N) is 1. The first-order valence-electron chi connectivity index (χ1n) is 5.54. The van der Waals surface area contributed by atoms with Crippen LogP contribution in [0, 0.1) is 17.8 Å². The lowest BCUT2D eigenvalue weighted by atomic mass is 9.98. The summed E-state index contributed by atoms with van der Waals surface area (Å²) in [5.74, 6) is 3.16. The molecule has 2 saturated carbocycles. The van der Waals surface area contributed by atoms with Gasteiger partial charge in [-0.05, 0) is 55.6 Å². The van der Waals surface area contributed by atoms with Crippen LogP contribution in [0.15, 0.2) is 24.5 Å². The van der Waals surface area contributed by atoms with Gasteiger partial charge in [-0.1, -0.05) is 0 Å². The molecule has 1 heterocycles. The van der Waals surface area contributed by atoms with Gasteiger partial charge in [-0.3, -0.25) is 0 Å². The Morgan fingerprint density at radius 2 is 1.54 bits per heavy atom. The molecule has 1 nitrogen and oxygen atoms in total. The molecule has 0 aromatic carbocycles. The first kappa shape index (κ1) is 7.66. The number of hydrogen-bond acceptors (Lipinski definition) is 0. The highest BCUT2D eigenvalue weighted by atomic mass is 14.9. The summed E-state index contributed by atoms with van der Waals surface area (Å²) in [5.41, 5.74) is 0. The molecule has 0 N–H and O–H groups in total. The Morgan fingerprint density at radius 1 is 1.00 bits per heavy atom. The first-order chi connectivity index (χ1) is 6.43. The van der Waals surface area contributed by atoms with E-state index in [4.69, 9.17) is 0 Å². The number of aromatic nitrogens is 1. The van der Waals surface area contributed by atoms with E-state index in [1.54, 1.807) is 0 Å². The van der Waals surface area contributed by atoms with Gasteiger partial charge < -0.3 is 4.57 Å². The van der Waals surface area contributed by atoms with Crippen molar-refractivity contribution in [1.82, 2.24) is 4.57 Å². The Balaban J connectivity index is 1.67. The summed E-state index contributed by atoms with van der Waals surface area (Å²) in [4.78, 5) is 0. The summed E-state index contributed by atoms with van der Waals surface area (Å²) in [6.07, 6.45) is 10.4. The van der Waals surface area contributed by atoms with Crippen molar-refractivity contribution < 1.29 is 0 Å². The van der Waals surface area contributed by atoms with Crippen molar-refractivity contribution in [1.29, 1.82) is 0 Å². The molecule has 0 bridgehead atoms. The highest BCUT2D eigenvalue weighted by Gasteiger charge is 2.41. The molecular weight excluding hydrogens is 158 g/mol. The van der Waals surface area contributed by atoms with Gasteiger partial charge in [0.2, 0.25) is 0 Å². The summed E-state index contributed by atoms with van der Waals surface area (Å²) in [6.45, 7) is 1.28. The van der Waals surface area contributed by atoms with Gasteiger partial charge in [-0.2, -0.15) is 0 Å². The number of rotatable bonds is 4. The zero-order valence-corrected chi connectivity index (χ0v) is 8.02. The molecule has 3 rings (SSSR count). The fourth-order valence-corrected chi connectivity index (χ4v) is 2.47. The highest BCUT2D eigenvalue weighted by Crippen LogP contribution is 2.49. The van der Waals surface area contributed by atoms with Crippen LogP contribution in [0.4, 0.5) is 0 Å². The summed E-state index contributed by atoms with van der Waals surface area (Å²) in [7, 11) is 0. The Hall–Kier alpha value is -0.720. The predicted octanol–water partition coefficient (Wildman–Crippen LogP) is 2.92. The molecule has 0 radical (unpaired) electrons. The lowest BCUT2D eigenvalue weighted by Crippen LogP contribution is -2.13. The lowest BCUT2D eigenvalue weighted by molar-refractivity contribution is 0.349. The Morgan fingerprint density at radius 3 is 2.00 bits per heavy atom. The van der Waals surface area contributed by atoms with E-state index < -0.39 is 0 Å². The maximum absolute atomic E-state index is 2.36. The summed E-state index contributed by atoms with van der Waals surface area (Å²) in [5, 5.41) is 0. The summed E-state index contributed by atoms with van der Waals surface area (Å²) in [6, 6.07) is 4.27. The number of hydrogen-bond donors (Lipinski definition) is 0. The second-order valence-corrected chi connectivity index (χ2v) is 4.72. The van der Waals surface area contributed by atoms with E-state index in [1.807, 2.05) is 0 Å². The standard InChI is InChI=1S/C12H17N/c1-2-8-13(7-1)9-12(10-3-4-10)11-5-6-11/h1-2,7-8,10-12H,3-6,9H2. The minimum atomic E-state index is 1.01. The van der Waals surface area contributed by atoms with E-state index in [0.717, 1.165) is 17.8 Å². The molecule has 0 aliphatic heterocycles. The second kappa shape index (κ2) is 2.90. The normalized spacial score (nSPS) is 22.5. The van der Waals surface area contributed by atoms with Crippen LogP contribution in [0.1, 0.15) is 25.7 Å². The van der Waals surface area contributed by atoms with Crippen molar-refractivity contribution >= 4 is 0 Å². The minimum Gasteiger partial charge on any atom is -0.354 e. The third-order valence-electron chi connectivity index (χ3n) is 3.54. The van der Waals surface area contributed by atoms with Crippen LogP contribution in [0.3, 0.4) is 0 Å². The Kier molecular flexibility index (Phi) is 1.71. The van der Waals surface area contributed by atoms with Gasteiger partial charge >= 0.3 is 0 Å². The van der Waals surface area contributed by atoms with Crippen LogP contribution < -0.4 is 0 Å². The van der Waals surface area contributed by atoms with Crippen LogP contribution in [0.5, 0.6) is 0 Å². The molecule has 70 valence electrons. The fourth-order valence-electron chi connectivity index (χ4n) is 2.47. The molecule has 2 aliphatic rings. The van der Waals surface area contributed by atoms with Crippen LogP contribution in [-0.4, -0.2) is 4.57 Å². The van der Waals surface area contributed by atoms with Crippen LogP contribution in [0.25, 0.3) is 0 Å². The largest absolute Gasteiger partial charge is 0.354 e. The SMILES string of the molecule is c1ccn(CC(C2CC2)C2CC2)c1. The van der Waals surface area contributed by atoms with Gasteiger partial charge in [0.15, 0.2) is 0 Å². The van der Waals surface area contributed by atoms with Crippen LogP contribution in [-0.2, 0) is 6.54 Å². The molecule has 0 atom stereocenters. The van der Waals surface area contributed by atoms with Crippen LogP contribution >= 0.6 is 0 Å². The van der Waals surface area contributed by atoms with Gasteiger partial charge in [-0.25, -0.2) is 0 Å². The quantitative estimate of drug-likeness (QED) is 0.663. The topological polar surface area (TPSA) is 4.93 Å². The van der Waals surface area contributed by atoms with Crippen molar-refractivity contribution in [2.24, 2.45) is 17.8 Å². The first-order valence-corrected chi connectivity index (χ1v) is 5.54. The maximum Gasteiger partial charge on any atom is 0.0253 e. The Bertz CT molecular complexity index is 255. The zero-order chi connectivity index (χ0) is 8.67. The van der Waals surface area contributed by atoms with Crippen molar-refractivity contribution in [3.63, 3.8) is 0 Å². The van der Waals surface area contributed by atoms with E-state index in [1.165, 1.54) is 32.2 Å². The monoisotopic (exact) mass is 175 g/mol. The van der Waals surface area contributed by atoms with Gasteiger partial charge in [0.25, 0.3) is 0 Å². The third-order valence-corrected chi connectivity index (χ3v) is 3.54. The summed E-state index contributed by atoms with van der Waals surface area (Å²) >= 11 is 0. The molecule has 0 saturated heterocycles. The Labute approximate surface area is 79.8 Å². The van der Waals surface area contributed by atoms with E-state index >= 15 is 0 Å².